The highest BCUT2D eigenvalue weighted by Gasteiger charge is 2.18. The Balaban J connectivity index is 2.13. The number of amidine groups is 1. The number of aliphatic imine (C=N–C) groups is 1. The molecule has 2 aromatic carbocycles. The van der Waals surface area contributed by atoms with Crippen LogP contribution in [0, 0.1) is 13.8 Å². The standard InChI is InChI=1S/C27H32N4O2/c1-7-28-26(32)31-19(4)30-24-15-22(21-11-12-25(29-16-21)27(5,6)33)14-23(18(24)3)20-10-8-9-17(2)13-20/h8-16,33H,7H2,1-6H3,(H2,28,30,31,32). The van der Waals surface area contributed by atoms with Crippen molar-refractivity contribution >= 4 is 17.6 Å². The number of aromatic nitrogens is 1. The first-order valence-corrected chi connectivity index (χ1v) is 11.1. The van der Waals surface area contributed by atoms with Crippen LogP contribution in [0.3, 0.4) is 0 Å². The summed E-state index contributed by atoms with van der Waals surface area (Å²) >= 11 is 0. The molecule has 172 valence electrons. The second-order valence-corrected chi connectivity index (χ2v) is 8.71. The number of urea groups is 1. The van der Waals surface area contributed by atoms with Crippen molar-refractivity contribution in [3.63, 3.8) is 0 Å². The van der Waals surface area contributed by atoms with Gasteiger partial charge >= 0.3 is 6.03 Å². The van der Waals surface area contributed by atoms with E-state index in [0.717, 1.165) is 33.5 Å². The molecule has 3 N–H and O–H groups in total. The van der Waals surface area contributed by atoms with Crippen molar-refractivity contribution in [1.82, 2.24) is 15.6 Å². The molecule has 1 aromatic heterocycles. The van der Waals surface area contributed by atoms with Crippen LogP contribution < -0.4 is 10.6 Å². The quantitative estimate of drug-likeness (QED) is 0.352. The fourth-order valence-corrected chi connectivity index (χ4v) is 3.60. The third-order valence-corrected chi connectivity index (χ3v) is 5.35. The van der Waals surface area contributed by atoms with Gasteiger partial charge in [0.2, 0.25) is 0 Å². The van der Waals surface area contributed by atoms with E-state index in [4.69, 9.17) is 4.99 Å². The monoisotopic (exact) mass is 444 g/mol. The lowest BCUT2D eigenvalue weighted by atomic mass is 9.93. The lowest BCUT2D eigenvalue weighted by Crippen LogP contribution is -2.38. The predicted molar refractivity (Wildman–Crippen MR) is 135 cm³/mol. The Bertz CT molecular complexity index is 1180. The number of carbonyl (C=O) groups excluding carboxylic acids is 1. The van der Waals surface area contributed by atoms with Crippen molar-refractivity contribution in [2.75, 3.05) is 6.54 Å². The van der Waals surface area contributed by atoms with E-state index in [-0.39, 0.29) is 6.03 Å². The van der Waals surface area contributed by atoms with Gasteiger partial charge in [-0.25, -0.2) is 9.79 Å². The fourth-order valence-electron chi connectivity index (χ4n) is 3.60. The number of aryl methyl sites for hydroxylation is 1. The van der Waals surface area contributed by atoms with Crippen molar-refractivity contribution in [3.8, 4) is 22.3 Å². The van der Waals surface area contributed by atoms with Gasteiger partial charge in [-0.05, 0) is 82.0 Å². The minimum Gasteiger partial charge on any atom is -0.384 e. The molecule has 0 aliphatic carbocycles. The van der Waals surface area contributed by atoms with Gasteiger partial charge in [0.1, 0.15) is 11.4 Å². The van der Waals surface area contributed by atoms with E-state index in [1.165, 1.54) is 5.56 Å². The molecule has 0 aliphatic heterocycles. The molecular formula is C27H32N4O2. The minimum absolute atomic E-state index is 0.280. The maximum absolute atomic E-state index is 11.9. The first kappa shape index (κ1) is 24.1. The smallest absolute Gasteiger partial charge is 0.320 e. The SMILES string of the molecule is CCNC(=O)NC(C)=Nc1cc(-c2ccc(C(C)(C)O)nc2)cc(-c2cccc(C)c2)c1C. The number of pyridine rings is 1. The zero-order valence-corrected chi connectivity index (χ0v) is 20.2. The molecule has 1 heterocycles. The average molecular weight is 445 g/mol. The molecule has 0 spiro atoms. The third kappa shape index (κ3) is 6.05. The number of aliphatic hydroxyl groups is 1. The van der Waals surface area contributed by atoms with E-state index in [0.29, 0.717) is 18.1 Å². The molecule has 0 radical (unpaired) electrons. The van der Waals surface area contributed by atoms with E-state index in [2.05, 4.69) is 46.8 Å². The maximum Gasteiger partial charge on any atom is 0.320 e. The van der Waals surface area contributed by atoms with Crippen LogP contribution in [0.1, 0.15) is 44.5 Å². The van der Waals surface area contributed by atoms with Crippen molar-refractivity contribution in [3.05, 3.63) is 71.5 Å². The highest BCUT2D eigenvalue weighted by Crippen LogP contribution is 2.36. The lowest BCUT2D eigenvalue weighted by molar-refractivity contribution is 0.0739. The molecular weight excluding hydrogens is 412 g/mol. The summed E-state index contributed by atoms with van der Waals surface area (Å²) in [7, 11) is 0. The molecule has 0 atom stereocenters. The summed E-state index contributed by atoms with van der Waals surface area (Å²) in [5.74, 6) is 0.506. The molecule has 3 rings (SSSR count). The predicted octanol–water partition coefficient (Wildman–Crippen LogP) is 5.63. The van der Waals surface area contributed by atoms with Crippen molar-refractivity contribution < 1.29 is 9.90 Å². The molecule has 2 amide bonds. The van der Waals surface area contributed by atoms with Crippen LogP contribution in [0.2, 0.25) is 0 Å². The van der Waals surface area contributed by atoms with Gasteiger partial charge in [0.25, 0.3) is 0 Å². The number of rotatable bonds is 5. The lowest BCUT2D eigenvalue weighted by Gasteiger charge is -2.17. The average Bonchev–Trinajstić information content (AvgIpc) is 2.74. The highest BCUT2D eigenvalue weighted by molar-refractivity contribution is 5.98. The molecule has 0 aliphatic rings. The number of carbonyl (C=O) groups is 1. The number of benzene rings is 2. The number of hydrogen-bond acceptors (Lipinski definition) is 4. The Labute approximate surface area is 195 Å². The van der Waals surface area contributed by atoms with Gasteiger partial charge in [-0.2, -0.15) is 0 Å². The molecule has 0 bridgehead atoms. The summed E-state index contributed by atoms with van der Waals surface area (Å²) in [6.45, 7) is 11.7. The summed E-state index contributed by atoms with van der Waals surface area (Å²) in [4.78, 5) is 21.1. The summed E-state index contributed by atoms with van der Waals surface area (Å²) in [6.07, 6.45) is 1.77. The zero-order chi connectivity index (χ0) is 24.2. The number of nitrogens with zero attached hydrogens (tertiary/aromatic N) is 2. The van der Waals surface area contributed by atoms with E-state index >= 15 is 0 Å². The Hall–Kier alpha value is -3.51. The van der Waals surface area contributed by atoms with Gasteiger partial charge in [0.05, 0.1) is 11.4 Å². The van der Waals surface area contributed by atoms with Crippen molar-refractivity contribution in [1.29, 1.82) is 0 Å². The van der Waals surface area contributed by atoms with Crippen LogP contribution in [-0.2, 0) is 5.60 Å². The van der Waals surface area contributed by atoms with Gasteiger partial charge in [0.15, 0.2) is 0 Å². The normalized spacial score (nSPS) is 11.9. The van der Waals surface area contributed by atoms with Gasteiger partial charge in [-0.1, -0.05) is 35.9 Å². The summed E-state index contributed by atoms with van der Waals surface area (Å²) in [6, 6.07) is 16.0. The van der Waals surface area contributed by atoms with E-state index < -0.39 is 5.60 Å². The van der Waals surface area contributed by atoms with Crippen molar-refractivity contribution in [2.45, 2.75) is 47.1 Å². The molecule has 0 unspecified atom stereocenters. The number of amides is 2. The first-order valence-electron chi connectivity index (χ1n) is 11.1. The number of nitrogens with one attached hydrogen (secondary N) is 2. The summed E-state index contributed by atoms with van der Waals surface area (Å²) in [5.41, 5.74) is 6.60. The molecule has 0 fully saturated rings. The number of hydrogen-bond donors (Lipinski definition) is 3. The minimum atomic E-state index is -1.00. The van der Waals surface area contributed by atoms with Crippen LogP contribution >= 0.6 is 0 Å². The van der Waals surface area contributed by atoms with Crippen molar-refractivity contribution in [2.24, 2.45) is 4.99 Å². The summed E-state index contributed by atoms with van der Waals surface area (Å²) in [5, 5.41) is 15.7. The van der Waals surface area contributed by atoms with Crippen LogP contribution in [0.15, 0.2) is 59.7 Å². The zero-order valence-electron chi connectivity index (χ0n) is 20.2. The Morgan fingerprint density at radius 1 is 1.06 bits per heavy atom. The van der Waals surface area contributed by atoms with Gasteiger partial charge < -0.3 is 10.4 Å². The molecule has 0 saturated carbocycles. The van der Waals surface area contributed by atoms with Gasteiger partial charge in [-0.15, -0.1) is 0 Å². The Morgan fingerprint density at radius 3 is 2.42 bits per heavy atom. The van der Waals surface area contributed by atoms with E-state index in [1.54, 1.807) is 27.0 Å². The van der Waals surface area contributed by atoms with Crippen LogP contribution in [0.5, 0.6) is 0 Å². The van der Waals surface area contributed by atoms with Gasteiger partial charge in [0, 0.05) is 18.3 Å². The second-order valence-electron chi connectivity index (χ2n) is 8.71. The molecule has 3 aromatic rings. The van der Waals surface area contributed by atoms with E-state index in [1.807, 2.05) is 38.1 Å². The van der Waals surface area contributed by atoms with Gasteiger partial charge in [-0.3, -0.25) is 10.3 Å². The van der Waals surface area contributed by atoms with Crippen LogP contribution in [0.4, 0.5) is 10.5 Å². The Morgan fingerprint density at radius 2 is 1.82 bits per heavy atom. The molecule has 33 heavy (non-hydrogen) atoms. The second kappa shape index (κ2) is 9.96. The molecule has 6 heteroatoms. The maximum atomic E-state index is 11.9. The topological polar surface area (TPSA) is 86.6 Å². The third-order valence-electron chi connectivity index (χ3n) is 5.35. The van der Waals surface area contributed by atoms with Crippen LogP contribution in [-0.4, -0.2) is 28.5 Å². The van der Waals surface area contributed by atoms with E-state index in [9.17, 15) is 9.90 Å². The molecule has 0 saturated heterocycles. The van der Waals surface area contributed by atoms with Crippen LogP contribution in [0.25, 0.3) is 22.3 Å². The molecule has 6 nitrogen and oxygen atoms in total. The fraction of sp³-hybridized carbons (Fsp3) is 0.296. The highest BCUT2D eigenvalue weighted by atomic mass is 16.3. The first-order chi connectivity index (χ1) is 15.6. The Kier molecular flexibility index (Phi) is 7.29. The summed E-state index contributed by atoms with van der Waals surface area (Å²) < 4.78 is 0. The largest absolute Gasteiger partial charge is 0.384 e.